The number of carbonyl (C=O) groups excluding carboxylic acids is 3. The first-order valence-electron chi connectivity index (χ1n) is 7.84. The quantitative estimate of drug-likeness (QED) is 0.719. The maximum absolute atomic E-state index is 12.3. The van der Waals surface area contributed by atoms with Gasteiger partial charge in [-0.3, -0.25) is 4.79 Å². The van der Waals surface area contributed by atoms with Gasteiger partial charge in [0.25, 0.3) is 0 Å². The van der Waals surface area contributed by atoms with Crippen LogP contribution in [0.1, 0.15) is 54.9 Å². The third kappa shape index (κ3) is 9.05. The standard InChI is InChI=1S/C16H30N2O5/c1-9(2)8-11(14(20)21)17-13(19)12(10(3)4)18-15(22)23-16(5,6)7/h9-12H,8H2,1-7H3,(H,17,19)(H,18,22)(H,20,21)/p-1/t11-,12-/m1/s1. The molecule has 0 heterocycles. The van der Waals surface area contributed by atoms with Crippen molar-refractivity contribution in [1.82, 2.24) is 10.6 Å². The predicted molar refractivity (Wildman–Crippen MR) is 84.4 cm³/mol. The van der Waals surface area contributed by atoms with Crippen LogP contribution < -0.4 is 15.7 Å². The molecule has 0 aromatic carbocycles. The van der Waals surface area contributed by atoms with Crippen molar-refractivity contribution in [2.75, 3.05) is 0 Å². The van der Waals surface area contributed by atoms with Gasteiger partial charge < -0.3 is 25.3 Å². The first kappa shape index (κ1) is 21.2. The monoisotopic (exact) mass is 329 g/mol. The van der Waals surface area contributed by atoms with Crippen molar-refractivity contribution in [2.45, 2.75) is 72.6 Å². The van der Waals surface area contributed by atoms with Gasteiger partial charge in [-0.1, -0.05) is 27.7 Å². The van der Waals surface area contributed by atoms with Crippen molar-refractivity contribution >= 4 is 18.0 Å². The molecule has 0 saturated heterocycles. The zero-order chi connectivity index (χ0) is 18.4. The molecule has 7 nitrogen and oxygen atoms in total. The first-order chi connectivity index (χ1) is 10.3. The van der Waals surface area contributed by atoms with Crippen LogP contribution in [-0.2, 0) is 14.3 Å². The molecule has 0 fully saturated rings. The van der Waals surface area contributed by atoms with Gasteiger partial charge >= 0.3 is 6.09 Å². The maximum Gasteiger partial charge on any atom is 0.408 e. The van der Waals surface area contributed by atoms with Crippen molar-refractivity contribution in [3.63, 3.8) is 0 Å². The van der Waals surface area contributed by atoms with Crippen molar-refractivity contribution in [1.29, 1.82) is 0 Å². The zero-order valence-electron chi connectivity index (χ0n) is 15.1. The van der Waals surface area contributed by atoms with E-state index >= 15 is 0 Å². The van der Waals surface area contributed by atoms with Crippen LogP contribution in [-0.4, -0.2) is 35.7 Å². The molecule has 0 radical (unpaired) electrons. The minimum Gasteiger partial charge on any atom is -0.548 e. The zero-order valence-corrected chi connectivity index (χ0v) is 15.1. The number of carbonyl (C=O) groups is 3. The van der Waals surface area contributed by atoms with E-state index in [-0.39, 0.29) is 18.3 Å². The molecule has 2 amide bonds. The highest BCUT2D eigenvalue weighted by molar-refractivity contribution is 5.89. The van der Waals surface area contributed by atoms with Crippen molar-refractivity contribution < 1.29 is 24.2 Å². The van der Waals surface area contributed by atoms with E-state index in [1.807, 2.05) is 13.8 Å². The highest BCUT2D eigenvalue weighted by atomic mass is 16.6. The largest absolute Gasteiger partial charge is 0.548 e. The van der Waals surface area contributed by atoms with E-state index in [2.05, 4.69) is 10.6 Å². The van der Waals surface area contributed by atoms with Crippen LogP contribution in [0.2, 0.25) is 0 Å². The predicted octanol–water partition coefficient (Wildman–Crippen LogP) is 0.817. The van der Waals surface area contributed by atoms with Gasteiger partial charge in [0.2, 0.25) is 5.91 Å². The van der Waals surface area contributed by atoms with Crippen molar-refractivity contribution in [3.8, 4) is 0 Å². The van der Waals surface area contributed by atoms with E-state index in [4.69, 9.17) is 4.74 Å². The van der Waals surface area contributed by atoms with Gasteiger partial charge in [-0.2, -0.15) is 0 Å². The summed E-state index contributed by atoms with van der Waals surface area (Å²) in [5.74, 6) is -2.06. The van der Waals surface area contributed by atoms with Gasteiger partial charge in [-0.05, 0) is 39.0 Å². The molecule has 0 aliphatic carbocycles. The molecular formula is C16H29N2O5-. The second kappa shape index (κ2) is 8.74. The molecule has 0 spiro atoms. The minimum atomic E-state index is -1.34. The van der Waals surface area contributed by atoms with Crippen LogP contribution in [0.25, 0.3) is 0 Å². The Morgan fingerprint density at radius 2 is 1.57 bits per heavy atom. The maximum atomic E-state index is 12.3. The summed E-state index contributed by atoms with van der Waals surface area (Å²) in [4.78, 5) is 35.3. The molecular weight excluding hydrogens is 300 g/mol. The highest BCUT2D eigenvalue weighted by Crippen LogP contribution is 2.10. The SMILES string of the molecule is CC(C)C[C@@H](NC(=O)[C@H](NC(=O)OC(C)(C)C)C(C)C)C(=O)[O-]. The van der Waals surface area contributed by atoms with E-state index in [0.29, 0.717) is 0 Å². The molecule has 134 valence electrons. The summed E-state index contributed by atoms with van der Waals surface area (Å²) in [5.41, 5.74) is -0.687. The van der Waals surface area contributed by atoms with Crippen molar-refractivity contribution in [3.05, 3.63) is 0 Å². The number of hydrogen-bond acceptors (Lipinski definition) is 5. The first-order valence-corrected chi connectivity index (χ1v) is 7.84. The molecule has 23 heavy (non-hydrogen) atoms. The van der Waals surface area contributed by atoms with Gasteiger partial charge in [0.1, 0.15) is 11.6 Å². The highest BCUT2D eigenvalue weighted by Gasteiger charge is 2.28. The third-order valence-corrected chi connectivity index (χ3v) is 2.93. The average Bonchev–Trinajstić information content (AvgIpc) is 2.31. The van der Waals surface area contributed by atoms with E-state index in [1.54, 1.807) is 34.6 Å². The average molecular weight is 329 g/mol. The van der Waals surface area contributed by atoms with Crippen LogP contribution in [0, 0.1) is 11.8 Å². The minimum absolute atomic E-state index is 0.0783. The fourth-order valence-corrected chi connectivity index (χ4v) is 1.92. The Bertz CT molecular complexity index is 427. The molecule has 0 saturated carbocycles. The summed E-state index contributed by atoms with van der Waals surface area (Å²) in [6, 6.07) is -1.98. The molecule has 2 N–H and O–H groups in total. The Hall–Kier alpha value is -1.79. The Labute approximate surface area is 138 Å². The second-order valence-corrected chi connectivity index (χ2v) is 7.38. The summed E-state index contributed by atoms with van der Waals surface area (Å²) in [5, 5.41) is 16.0. The number of amides is 2. The van der Waals surface area contributed by atoms with Gasteiger partial charge in [0.05, 0.1) is 12.0 Å². The van der Waals surface area contributed by atoms with Gasteiger partial charge in [0, 0.05) is 0 Å². The number of carboxylic acid groups (broad SMARTS) is 1. The van der Waals surface area contributed by atoms with Crippen LogP contribution in [0.3, 0.4) is 0 Å². The van der Waals surface area contributed by atoms with E-state index in [0.717, 1.165) is 0 Å². The molecule has 0 aliphatic rings. The lowest BCUT2D eigenvalue weighted by molar-refractivity contribution is -0.308. The number of hydrogen-bond donors (Lipinski definition) is 2. The molecule has 0 bridgehead atoms. The smallest absolute Gasteiger partial charge is 0.408 e. The third-order valence-electron chi connectivity index (χ3n) is 2.93. The van der Waals surface area contributed by atoms with Crippen LogP contribution in [0.4, 0.5) is 4.79 Å². The molecule has 0 rings (SSSR count). The summed E-state index contributed by atoms with van der Waals surface area (Å²) >= 11 is 0. The molecule has 0 aromatic heterocycles. The lowest BCUT2D eigenvalue weighted by Crippen LogP contribution is -2.56. The summed E-state index contributed by atoms with van der Waals surface area (Å²) < 4.78 is 5.13. The molecule has 7 heteroatoms. The second-order valence-electron chi connectivity index (χ2n) is 7.38. The Morgan fingerprint density at radius 1 is 1.04 bits per heavy atom. The van der Waals surface area contributed by atoms with Crippen molar-refractivity contribution in [2.24, 2.45) is 11.8 Å². The molecule has 2 atom stereocenters. The fourth-order valence-electron chi connectivity index (χ4n) is 1.92. The van der Waals surface area contributed by atoms with Gasteiger partial charge in [-0.25, -0.2) is 4.79 Å². The normalized spacial score (nSPS) is 14.3. The molecule has 0 aliphatic heterocycles. The molecule has 0 unspecified atom stereocenters. The van der Waals surface area contributed by atoms with Crippen LogP contribution in [0.15, 0.2) is 0 Å². The van der Waals surface area contributed by atoms with Crippen LogP contribution in [0.5, 0.6) is 0 Å². The Kier molecular flexibility index (Phi) is 8.06. The topological polar surface area (TPSA) is 108 Å². The number of rotatable bonds is 7. The van der Waals surface area contributed by atoms with Gasteiger partial charge in [-0.15, -0.1) is 0 Å². The lowest BCUT2D eigenvalue weighted by Gasteiger charge is -2.28. The van der Waals surface area contributed by atoms with E-state index < -0.39 is 35.7 Å². The Balaban J connectivity index is 4.91. The lowest BCUT2D eigenvalue weighted by atomic mass is 10.0. The Morgan fingerprint density at radius 3 is 1.91 bits per heavy atom. The van der Waals surface area contributed by atoms with Crippen LogP contribution >= 0.6 is 0 Å². The summed E-state index contributed by atoms with van der Waals surface area (Å²) in [7, 11) is 0. The van der Waals surface area contributed by atoms with E-state index in [1.165, 1.54) is 0 Å². The summed E-state index contributed by atoms with van der Waals surface area (Å²) in [6.07, 6.45) is -0.467. The fraction of sp³-hybridized carbons (Fsp3) is 0.812. The van der Waals surface area contributed by atoms with E-state index in [9.17, 15) is 19.5 Å². The number of ether oxygens (including phenoxy) is 1. The number of aliphatic carboxylic acids is 1. The molecule has 0 aromatic rings. The number of alkyl carbamates (subject to hydrolysis) is 1. The number of carboxylic acids is 1. The number of nitrogens with one attached hydrogen (secondary N) is 2. The van der Waals surface area contributed by atoms with Gasteiger partial charge in [0.15, 0.2) is 0 Å². The summed E-state index contributed by atoms with van der Waals surface area (Å²) in [6.45, 7) is 12.3.